The maximum absolute atomic E-state index is 12.6. The zero-order valence-corrected chi connectivity index (χ0v) is 21.1. The van der Waals surface area contributed by atoms with Crippen LogP contribution in [0.1, 0.15) is 59.7 Å². The third kappa shape index (κ3) is 6.86. The van der Waals surface area contributed by atoms with Gasteiger partial charge < -0.3 is 9.64 Å². The van der Waals surface area contributed by atoms with E-state index in [-0.39, 0.29) is 5.91 Å². The first-order valence-electron chi connectivity index (χ1n) is 12.2. The van der Waals surface area contributed by atoms with Gasteiger partial charge in [-0.3, -0.25) is 4.79 Å². The van der Waals surface area contributed by atoms with E-state index in [1.807, 2.05) is 44.2 Å². The Morgan fingerprint density at radius 1 is 0.943 bits per heavy atom. The van der Waals surface area contributed by atoms with Crippen LogP contribution in [0.3, 0.4) is 0 Å². The van der Waals surface area contributed by atoms with Crippen molar-refractivity contribution in [3.8, 4) is 5.75 Å². The molecule has 1 N–H and O–H groups in total. The molecule has 1 aliphatic heterocycles. The van der Waals surface area contributed by atoms with Crippen LogP contribution in [0.15, 0.2) is 71.8 Å². The third-order valence-corrected chi connectivity index (χ3v) is 6.76. The summed E-state index contributed by atoms with van der Waals surface area (Å²) in [6.07, 6.45) is 5.15. The fourth-order valence-electron chi connectivity index (χ4n) is 4.13. The summed E-state index contributed by atoms with van der Waals surface area (Å²) in [5, 5.41) is 5.03. The predicted octanol–water partition coefficient (Wildman–Crippen LogP) is 6.76. The lowest BCUT2D eigenvalue weighted by Gasteiger charge is -2.22. The first-order valence-corrected chi connectivity index (χ1v) is 12.6. The van der Waals surface area contributed by atoms with Crippen LogP contribution in [0.4, 0.5) is 5.69 Å². The SMILES string of the molecule is C/C(=N/NC(=O)c1ccc(COc2ccc(Cl)c(C)c2)cc1)c1ccc(N2CCCCCC2)cc1. The molecule has 0 radical (unpaired) electrons. The Balaban J connectivity index is 1.30. The third-order valence-electron chi connectivity index (χ3n) is 6.33. The lowest BCUT2D eigenvalue weighted by Crippen LogP contribution is -2.23. The van der Waals surface area contributed by atoms with E-state index in [2.05, 4.69) is 39.7 Å². The smallest absolute Gasteiger partial charge is 0.271 e. The summed E-state index contributed by atoms with van der Waals surface area (Å²) in [6.45, 7) is 6.49. The topological polar surface area (TPSA) is 53.9 Å². The summed E-state index contributed by atoms with van der Waals surface area (Å²) in [5.41, 5.74) is 8.17. The van der Waals surface area contributed by atoms with Crippen LogP contribution in [0.25, 0.3) is 0 Å². The van der Waals surface area contributed by atoms with Gasteiger partial charge in [-0.2, -0.15) is 5.10 Å². The number of ether oxygens (including phenoxy) is 1. The lowest BCUT2D eigenvalue weighted by atomic mass is 10.1. The van der Waals surface area contributed by atoms with Gasteiger partial charge in [0.1, 0.15) is 12.4 Å². The quantitative estimate of drug-likeness (QED) is 0.294. The van der Waals surface area contributed by atoms with Crippen molar-refractivity contribution in [2.75, 3.05) is 18.0 Å². The summed E-state index contributed by atoms with van der Waals surface area (Å²) in [4.78, 5) is 15.0. The molecule has 3 aromatic carbocycles. The van der Waals surface area contributed by atoms with E-state index in [1.165, 1.54) is 31.4 Å². The Hall–Kier alpha value is -3.31. The highest BCUT2D eigenvalue weighted by molar-refractivity contribution is 6.31. The Morgan fingerprint density at radius 2 is 1.60 bits per heavy atom. The van der Waals surface area contributed by atoms with Crippen molar-refractivity contribution in [1.82, 2.24) is 5.43 Å². The summed E-state index contributed by atoms with van der Waals surface area (Å²) >= 11 is 6.06. The molecule has 0 saturated carbocycles. The minimum absolute atomic E-state index is 0.244. The molecule has 0 aromatic heterocycles. The maximum Gasteiger partial charge on any atom is 0.271 e. The van der Waals surface area contributed by atoms with Crippen molar-refractivity contribution in [2.24, 2.45) is 5.10 Å². The largest absolute Gasteiger partial charge is 0.489 e. The van der Waals surface area contributed by atoms with Crippen molar-refractivity contribution in [1.29, 1.82) is 0 Å². The fraction of sp³-hybridized carbons (Fsp3) is 0.310. The number of aryl methyl sites for hydroxylation is 1. The van der Waals surface area contributed by atoms with Crippen LogP contribution in [0.5, 0.6) is 5.75 Å². The Labute approximate surface area is 212 Å². The summed E-state index contributed by atoms with van der Waals surface area (Å²) in [6, 6.07) is 21.3. The standard InChI is InChI=1S/C29H32ClN3O2/c1-21-19-27(15-16-28(21)30)35-20-23-7-9-25(10-8-23)29(34)32-31-22(2)24-11-13-26(14-12-24)33-17-5-3-4-6-18-33/h7-16,19H,3-6,17-18,20H2,1-2H3,(H,32,34)/b31-22-. The number of halogens is 1. The number of anilines is 1. The van der Waals surface area contributed by atoms with E-state index in [4.69, 9.17) is 16.3 Å². The summed E-state index contributed by atoms with van der Waals surface area (Å²) in [5.74, 6) is 0.518. The first-order chi connectivity index (χ1) is 17.0. The van der Waals surface area contributed by atoms with E-state index in [9.17, 15) is 4.79 Å². The molecule has 1 saturated heterocycles. The van der Waals surface area contributed by atoms with Crippen molar-refractivity contribution < 1.29 is 9.53 Å². The molecule has 0 bridgehead atoms. The molecule has 1 amide bonds. The molecule has 0 aliphatic carbocycles. The number of carbonyl (C=O) groups excluding carboxylic acids is 1. The number of rotatable bonds is 7. The highest BCUT2D eigenvalue weighted by Gasteiger charge is 2.10. The number of hydrogen-bond donors (Lipinski definition) is 1. The van der Waals surface area contributed by atoms with Gasteiger partial charge in [-0.25, -0.2) is 5.43 Å². The van der Waals surface area contributed by atoms with Gasteiger partial charge in [0.25, 0.3) is 5.91 Å². The normalized spacial score (nSPS) is 14.4. The molecule has 6 heteroatoms. The van der Waals surface area contributed by atoms with Gasteiger partial charge in [-0.05, 0) is 85.8 Å². The molecule has 182 valence electrons. The highest BCUT2D eigenvalue weighted by atomic mass is 35.5. The monoisotopic (exact) mass is 489 g/mol. The second-order valence-electron chi connectivity index (χ2n) is 8.98. The van der Waals surface area contributed by atoms with Gasteiger partial charge in [0.15, 0.2) is 0 Å². The summed E-state index contributed by atoms with van der Waals surface area (Å²) in [7, 11) is 0. The summed E-state index contributed by atoms with van der Waals surface area (Å²) < 4.78 is 5.83. The lowest BCUT2D eigenvalue weighted by molar-refractivity contribution is 0.0954. The Kier molecular flexibility index (Phi) is 8.43. The Bertz CT molecular complexity index is 1170. The number of hydrazone groups is 1. The van der Waals surface area contributed by atoms with Gasteiger partial charge >= 0.3 is 0 Å². The first kappa shape index (κ1) is 24.8. The van der Waals surface area contributed by atoms with Gasteiger partial charge in [0.2, 0.25) is 0 Å². The molecule has 3 aromatic rings. The fourth-order valence-corrected chi connectivity index (χ4v) is 4.25. The van der Waals surface area contributed by atoms with E-state index in [1.54, 1.807) is 12.1 Å². The molecule has 4 rings (SSSR count). The van der Waals surface area contributed by atoms with Crippen molar-refractivity contribution in [2.45, 2.75) is 46.1 Å². The van der Waals surface area contributed by atoms with Gasteiger partial charge in [-0.15, -0.1) is 0 Å². The Morgan fingerprint density at radius 3 is 2.26 bits per heavy atom. The van der Waals surface area contributed by atoms with Crippen LogP contribution in [0.2, 0.25) is 5.02 Å². The maximum atomic E-state index is 12.6. The van der Waals surface area contributed by atoms with Crippen molar-refractivity contribution >= 4 is 28.9 Å². The van der Waals surface area contributed by atoms with E-state index in [0.717, 1.165) is 46.3 Å². The predicted molar refractivity (Wildman–Crippen MR) is 144 cm³/mol. The average Bonchev–Trinajstić information content (AvgIpc) is 3.18. The van der Waals surface area contributed by atoms with Crippen LogP contribution in [-0.2, 0) is 6.61 Å². The zero-order chi connectivity index (χ0) is 24.6. The van der Waals surface area contributed by atoms with Crippen LogP contribution >= 0.6 is 11.6 Å². The number of hydrogen-bond acceptors (Lipinski definition) is 4. The average molecular weight is 490 g/mol. The van der Waals surface area contributed by atoms with Crippen LogP contribution in [-0.4, -0.2) is 24.7 Å². The van der Waals surface area contributed by atoms with Gasteiger partial charge in [0, 0.05) is 29.4 Å². The van der Waals surface area contributed by atoms with E-state index < -0.39 is 0 Å². The minimum Gasteiger partial charge on any atom is -0.489 e. The number of carbonyl (C=O) groups is 1. The molecule has 0 spiro atoms. The van der Waals surface area contributed by atoms with Gasteiger partial charge in [-0.1, -0.05) is 48.7 Å². The number of nitrogens with zero attached hydrogens (tertiary/aromatic N) is 2. The van der Waals surface area contributed by atoms with Crippen LogP contribution < -0.4 is 15.1 Å². The molecular weight excluding hydrogens is 458 g/mol. The van der Waals surface area contributed by atoms with E-state index in [0.29, 0.717) is 12.2 Å². The molecule has 0 atom stereocenters. The van der Waals surface area contributed by atoms with Gasteiger partial charge in [0.05, 0.1) is 5.71 Å². The highest BCUT2D eigenvalue weighted by Crippen LogP contribution is 2.22. The number of benzene rings is 3. The molecule has 1 heterocycles. The zero-order valence-electron chi connectivity index (χ0n) is 20.4. The number of amides is 1. The molecule has 35 heavy (non-hydrogen) atoms. The molecular formula is C29H32ClN3O2. The molecule has 1 aliphatic rings. The second-order valence-corrected chi connectivity index (χ2v) is 9.39. The molecule has 5 nitrogen and oxygen atoms in total. The molecule has 0 unspecified atom stereocenters. The number of nitrogens with one attached hydrogen (secondary N) is 1. The van der Waals surface area contributed by atoms with Crippen LogP contribution in [0, 0.1) is 6.92 Å². The van der Waals surface area contributed by atoms with Crippen molar-refractivity contribution in [3.63, 3.8) is 0 Å². The molecule has 1 fully saturated rings. The van der Waals surface area contributed by atoms with E-state index >= 15 is 0 Å². The second kappa shape index (κ2) is 11.9. The van der Waals surface area contributed by atoms with Crippen molar-refractivity contribution in [3.05, 3.63) is 94.0 Å². The minimum atomic E-state index is -0.244.